The van der Waals surface area contributed by atoms with Gasteiger partial charge in [0, 0.05) is 19.3 Å². The summed E-state index contributed by atoms with van der Waals surface area (Å²) < 4.78 is 16.8. The first-order valence-corrected chi connectivity index (χ1v) is 25.3. The Bertz CT molecular complexity index is 942. The monoisotopic (exact) mass is 817 g/mol. The Morgan fingerprint density at radius 3 is 0.914 bits per heavy atom. The molecule has 0 fully saturated rings. The topological polar surface area (TPSA) is 78.9 Å². The highest BCUT2D eigenvalue weighted by atomic mass is 16.6. The van der Waals surface area contributed by atoms with Crippen molar-refractivity contribution in [3.05, 3.63) is 24.3 Å². The molecule has 58 heavy (non-hydrogen) atoms. The number of esters is 3. The van der Waals surface area contributed by atoms with Crippen LogP contribution in [0.25, 0.3) is 0 Å². The highest BCUT2D eigenvalue weighted by Crippen LogP contribution is 2.15. The van der Waals surface area contributed by atoms with Crippen LogP contribution in [0.1, 0.15) is 271 Å². The third-order valence-electron chi connectivity index (χ3n) is 11.2. The van der Waals surface area contributed by atoms with Gasteiger partial charge in [-0.3, -0.25) is 14.4 Å². The van der Waals surface area contributed by atoms with Crippen molar-refractivity contribution in [3.63, 3.8) is 0 Å². The van der Waals surface area contributed by atoms with E-state index in [1.54, 1.807) is 0 Å². The minimum Gasteiger partial charge on any atom is -0.462 e. The summed E-state index contributed by atoms with van der Waals surface area (Å²) in [6, 6.07) is 0. The van der Waals surface area contributed by atoms with Crippen molar-refractivity contribution in [2.24, 2.45) is 0 Å². The summed E-state index contributed by atoms with van der Waals surface area (Å²) in [6.07, 6.45) is 53.0. The summed E-state index contributed by atoms with van der Waals surface area (Å²) in [6.45, 7) is 6.60. The Hall–Kier alpha value is -2.11. The van der Waals surface area contributed by atoms with Crippen molar-refractivity contribution in [1.29, 1.82) is 0 Å². The Morgan fingerprint density at radius 2 is 0.586 bits per heavy atom. The summed E-state index contributed by atoms with van der Waals surface area (Å²) in [5.41, 5.74) is 0. The van der Waals surface area contributed by atoms with E-state index in [-0.39, 0.29) is 31.1 Å². The predicted molar refractivity (Wildman–Crippen MR) is 247 cm³/mol. The van der Waals surface area contributed by atoms with Gasteiger partial charge in [-0.2, -0.15) is 0 Å². The first kappa shape index (κ1) is 55.9. The third-order valence-corrected chi connectivity index (χ3v) is 11.2. The van der Waals surface area contributed by atoms with E-state index in [0.29, 0.717) is 19.3 Å². The Balaban J connectivity index is 4.35. The van der Waals surface area contributed by atoms with E-state index in [4.69, 9.17) is 14.2 Å². The maximum atomic E-state index is 12.8. The molecule has 1 unspecified atom stereocenters. The molecule has 0 aliphatic heterocycles. The molecule has 0 saturated carbocycles. The normalized spacial score (nSPS) is 12.1. The SMILES string of the molecule is CCCC/C=C\CCCCCCCC(=O)OCC(COC(=O)CCCCCCCCCCCCCCCCC)OC(=O)CCCCCCC/C=C\CCCCCCC. The largest absolute Gasteiger partial charge is 0.462 e. The zero-order valence-corrected chi connectivity index (χ0v) is 38.8. The lowest BCUT2D eigenvalue weighted by Gasteiger charge is -2.18. The molecule has 340 valence electrons. The molecule has 0 aliphatic carbocycles. The molecule has 0 radical (unpaired) electrons. The molecule has 6 heteroatoms. The number of hydrogen-bond donors (Lipinski definition) is 0. The molecule has 0 aliphatic rings. The van der Waals surface area contributed by atoms with Crippen molar-refractivity contribution in [2.75, 3.05) is 13.2 Å². The van der Waals surface area contributed by atoms with Gasteiger partial charge in [-0.1, -0.05) is 212 Å². The second-order valence-corrected chi connectivity index (χ2v) is 17.1. The van der Waals surface area contributed by atoms with Gasteiger partial charge in [-0.05, 0) is 64.2 Å². The van der Waals surface area contributed by atoms with Gasteiger partial charge in [0.25, 0.3) is 0 Å². The number of carbonyl (C=O) groups excluding carboxylic acids is 3. The minimum atomic E-state index is -0.773. The number of ether oxygens (including phenoxy) is 3. The van der Waals surface area contributed by atoms with E-state index in [1.807, 2.05) is 0 Å². The van der Waals surface area contributed by atoms with E-state index in [0.717, 1.165) is 70.6 Å². The van der Waals surface area contributed by atoms with Gasteiger partial charge in [0.15, 0.2) is 6.10 Å². The number of allylic oxidation sites excluding steroid dienone is 4. The van der Waals surface area contributed by atoms with E-state index in [1.165, 1.54) is 161 Å². The van der Waals surface area contributed by atoms with Gasteiger partial charge in [-0.15, -0.1) is 0 Å². The molecule has 0 aromatic rings. The number of carbonyl (C=O) groups is 3. The zero-order chi connectivity index (χ0) is 42.3. The Morgan fingerprint density at radius 1 is 0.328 bits per heavy atom. The van der Waals surface area contributed by atoms with Crippen LogP contribution in [0.3, 0.4) is 0 Å². The maximum absolute atomic E-state index is 12.8. The summed E-state index contributed by atoms with van der Waals surface area (Å²) in [7, 11) is 0. The van der Waals surface area contributed by atoms with Crippen LogP contribution < -0.4 is 0 Å². The lowest BCUT2D eigenvalue weighted by molar-refractivity contribution is -0.167. The molecular formula is C52H96O6. The van der Waals surface area contributed by atoms with Crippen LogP contribution in [0.15, 0.2) is 24.3 Å². The maximum Gasteiger partial charge on any atom is 0.306 e. The third kappa shape index (κ3) is 45.0. The molecule has 0 spiro atoms. The Kier molecular flexibility index (Phi) is 45.8. The minimum absolute atomic E-state index is 0.0737. The summed E-state index contributed by atoms with van der Waals surface area (Å²) in [5.74, 6) is -0.882. The summed E-state index contributed by atoms with van der Waals surface area (Å²) in [4.78, 5) is 37.9. The fourth-order valence-electron chi connectivity index (χ4n) is 7.30. The van der Waals surface area contributed by atoms with Crippen LogP contribution >= 0.6 is 0 Å². The average molecular weight is 817 g/mol. The van der Waals surface area contributed by atoms with E-state index < -0.39 is 6.10 Å². The van der Waals surface area contributed by atoms with Crippen molar-refractivity contribution < 1.29 is 28.6 Å². The molecule has 0 N–H and O–H groups in total. The van der Waals surface area contributed by atoms with E-state index >= 15 is 0 Å². The van der Waals surface area contributed by atoms with E-state index in [9.17, 15) is 14.4 Å². The van der Waals surface area contributed by atoms with Gasteiger partial charge in [-0.25, -0.2) is 0 Å². The molecular weight excluding hydrogens is 721 g/mol. The smallest absolute Gasteiger partial charge is 0.306 e. The summed E-state index contributed by atoms with van der Waals surface area (Å²) in [5, 5.41) is 0. The summed E-state index contributed by atoms with van der Waals surface area (Å²) >= 11 is 0. The van der Waals surface area contributed by atoms with E-state index in [2.05, 4.69) is 45.1 Å². The van der Waals surface area contributed by atoms with Crippen LogP contribution in [0.4, 0.5) is 0 Å². The molecule has 0 aromatic carbocycles. The molecule has 0 heterocycles. The average Bonchev–Trinajstić information content (AvgIpc) is 3.22. The van der Waals surface area contributed by atoms with Crippen LogP contribution in [0.2, 0.25) is 0 Å². The fourth-order valence-corrected chi connectivity index (χ4v) is 7.30. The first-order chi connectivity index (χ1) is 28.5. The van der Waals surface area contributed by atoms with Gasteiger partial charge < -0.3 is 14.2 Å². The van der Waals surface area contributed by atoms with Crippen LogP contribution in [0, 0.1) is 0 Å². The quantitative estimate of drug-likeness (QED) is 0.0263. The lowest BCUT2D eigenvalue weighted by atomic mass is 10.0. The van der Waals surface area contributed by atoms with Crippen LogP contribution in [0.5, 0.6) is 0 Å². The second-order valence-electron chi connectivity index (χ2n) is 17.1. The lowest BCUT2D eigenvalue weighted by Crippen LogP contribution is -2.30. The van der Waals surface area contributed by atoms with Gasteiger partial charge in [0.1, 0.15) is 13.2 Å². The van der Waals surface area contributed by atoms with Crippen molar-refractivity contribution in [3.8, 4) is 0 Å². The predicted octanol–water partition coefficient (Wildman–Crippen LogP) is 16.4. The molecule has 0 rings (SSSR count). The molecule has 0 bridgehead atoms. The van der Waals surface area contributed by atoms with Crippen molar-refractivity contribution in [1.82, 2.24) is 0 Å². The standard InChI is InChI=1S/C52H96O6/c1-4-7-10-13-16-19-22-24-26-28-30-33-36-39-42-45-51(54)57-48-49(47-56-50(53)44-41-38-35-32-29-21-18-15-12-9-6-3)58-52(55)46-43-40-37-34-31-27-25-23-20-17-14-11-8-5-2/h15,18,23,25,49H,4-14,16-17,19-22,24,26-48H2,1-3H3/b18-15-,25-23-. The van der Waals surface area contributed by atoms with Gasteiger partial charge >= 0.3 is 17.9 Å². The molecule has 0 amide bonds. The van der Waals surface area contributed by atoms with Crippen LogP contribution in [-0.2, 0) is 28.6 Å². The molecule has 1 atom stereocenters. The number of hydrogen-bond acceptors (Lipinski definition) is 6. The number of rotatable bonds is 46. The highest BCUT2D eigenvalue weighted by molar-refractivity contribution is 5.71. The van der Waals surface area contributed by atoms with Crippen LogP contribution in [-0.4, -0.2) is 37.2 Å². The Labute approximate surface area is 360 Å². The fraction of sp³-hybridized carbons (Fsp3) is 0.865. The second kappa shape index (κ2) is 47.6. The molecule has 0 aromatic heterocycles. The zero-order valence-electron chi connectivity index (χ0n) is 38.8. The first-order valence-electron chi connectivity index (χ1n) is 25.3. The number of unbranched alkanes of at least 4 members (excludes halogenated alkanes) is 31. The molecule has 0 saturated heterocycles. The van der Waals surface area contributed by atoms with Crippen molar-refractivity contribution in [2.45, 2.75) is 277 Å². The molecule has 6 nitrogen and oxygen atoms in total. The van der Waals surface area contributed by atoms with Crippen molar-refractivity contribution >= 4 is 17.9 Å². The highest BCUT2D eigenvalue weighted by Gasteiger charge is 2.19. The van der Waals surface area contributed by atoms with Gasteiger partial charge in [0.2, 0.25) is 0 Å². The van der Waals surface area contributed by atoms with Gasteiger partial charge in [0.05, 0.1) is 0 Å².